The van der Waals surface area contributed by atoms with Crippen LogP contribution < -0.4 is 0 Å². The van der Waals surface area contributed by atoms with Crippen LogP contribution in [0.1, 0.15) is 22.7 Å². The van der Waals surface area contributed by atoms with Gasteiger partial charge in [-0.25, -0.2) is 4.39 Å². The van der Waals surface area contributed by atoms with E-state index in [1.807, 2.05) is 19.1 Å². The maximum Gasteiger partial charge on any atom is 0.311 e. The number of hydrogen-bond donors (Lipinski definition) is 1. The lowest BCUT2D eigenvalue weighted by atomic mass is 9.93. The smallest absolute Gasteiger partial charge is 0.311 e. The maximum absolute atomic E-state index is 12.9. The van der Waals surface area contributed by atoms with Crippen LogP contribution in [0.5, 0.6) is 0 Å². The van der Waals surface area contributed by atoms with Gasteiger partial charge in [0, 0.05) is 18.3 Å². The van der Waals surface area contributed by atoms with E-state index >= 15 is 0 Å². The van der Waals surface area contributed by atoms with Crippen LogP contribution in [0.25, 0.3) is 0 Å². The van der Waals surface area contributed by atoms with Gasteiger partial charge in [0.2, 0.25) is 0 Å². The normalized spacial score (nSPS) is 12.1. The first kappa shape index (κ1) is 13.2. The van der Waals surface area contributed by atoms with Crippen molar-refractivity contribution in [1.82, 2.24) is 4.98 Å². The third-order valence-electron chi connectivity index (χ3n) is 3.09. The van der Waals surface area contributed by atoms with Crippen molar-refractivity contribution in [2.75, 3.05) is 0 Å². The highest BCUT2D eigenvalue weighted by Crippen LogP contribution is 2.22. The van der Waals surface area contributed by atoms with E-state index in [9.17, 15) is 14.3 Å². The van der Waals surface area contributed by atoms with E-state index in [4.69, 9.17) is 0 Å². The first-order chi connectivity index (χ1) is 9.08. The molecular weight excluding hydrogens is 245 g/mol. The molecule has 1 aromatic carbocycles. The van der Waals surface area contributed by atoms with Crippen LogP contribution in [-0.2, 0) is 11.2 Å². The first-order valence-corrected chi connectivity index (χ1v) is 5.96. The molecule has 0 spiro atoms. The highest BCUT2D eigenvalue weighted by Gasteiger charge is 2.21. The minimum Gasteiger partial charge on any atom is -0.481 e. The van der Waals surface area contributed by atoms with Gasteiger partial charge in [0.05, 0.1) is 5.92 Å². The molecule has 1 unspecified atom stereocenters. The van der Waals surface area contributed by atoms with Gasteiger partial charge < -0.3 is 5.11 Å². The quantitative estimate of drug-likeness (QED) is 0.918. The number of carboxylic acid groups (broad SMARTS) is 1. The topological polar surface area (TPSA) is 50.2 Å². The highest BCUT2D eigenvalue weighted by molar-refractivity contribution is 5.76. The summed E-state index contributed by atoms with van der Waals surface area (Å²) < 4.78 is 12.9. The summed E-state index contributed by atoms with van der Waals surface area (Å²) in [5, 5.41) is 9.33. The number of hydrogen-bond acceptors (Lipinski definition) is 2. The van der Waals surface area contributed by atoms with Crippen molar-refractivity contribution in [3.05, 3.63) is 65.2 Å². The molecule has 0 aliphatic rings. The lowest BCUT2D eigenvalue weighted by molar-refractivity contribution is -0.138. The Balaban J connectivity index is 2.29. The van der Waals surface area contributed by atoms with Crippen molar-refractivity contribution >= 4 is 5.97 Å². The van der Waals surface area contributed by atoms with Gasteiger partial charge in [-0.05, 0) is 36.2 Å². The highest BCUT2D eigenvalue weighted by atomic mass is 19.1. The summed E-state index contributed by atoms with van der Waals surface area (Å²) in [7, 11) is 0. The molecule has 2 aromatic rings. The summed E-state index contributed by atoms with van der Waals surface area (Å²) in [6.07, 6.45) is 1.94. The fourth-order valence-corrected chi connectivity index (χ4v) is 1.97. The zero-order valence-corrected chi connectivity index (χ0v) is 10.5. The molecule has 0 bridgehead atoms. The molecule has 1 aromatic heterocycles. The van der Waals surface area contributed by atoms with Gasteiger partial charge in [0.1, 0.15) is 5.82 Å². The van der Waals surface area contributed by atoms with Crippen LogP contribution in [0.3, 0.4) is 0 Å². The number of pyridine rings is 1. The van der Waals surface area contributed by atoms with Crippen molar-refractivity contribution < 1.29 is 14.3 Å². The molecular formula is C15H14FNO2. The van der Waals surface area contributed by atoms with E-state index in [1.165, 1.54) is 24.3 Å². The summed E-state index contributed by atoms with van der Waals surface area (Å²) in [6.45, 7) is 1.89. The standard InChI is InChI=1S/C15H14FNO2/c1-10-3-2-8-17-14(10)9-13(15(18)19)11-4-6-12(16)7-5-11/h2-8,13H,9H2,1H3,(H,18,19). The fourth-order valence-electron chi connectivity index (χ4n) is 1.97. The summed E-state index contributed by atoms with van der Waals surface area (Å²) in [6, 6.07) is 9.27. The second-order valence-electron chi connectivity index (χ2n) is 4.41. The molecule has 1 N–H and O–H groups in total. The summed E-state index contributed by atoms with van der Waals surface area (Å²) in [5.41, 5.74) is 2.29. The van der Waals surface area contributed by atoms with E-state index in [-0.39, 0.29) is 5.82 Å². The Morgan fingerprint density at radius 1 is 1.32 bits per heavy atom. The lowest BCUT2D eigenvalue weighted by Gasteiger charge is -2.13. The van der Waals surface area contributed by atoms with Gasteiger partial charge in [-0.15, -0.1) is 0 Å². The number of aliphatic carboxylic acids is 1. The van der Waals surface area contributed by atoms with Crippen LogP contribution in [0.15, 0.2) is 42.6 Å². The summed E-state index contributed by atoms with van der Waals surface area (Å²) in [4.78, 5) is 15.6. The zero-order valence-electron chi connectivity index (χ0n) is 10.5. The Morgan fingerprint density at radius 2 is 2.00 bits per heavy atom. The molecule has 0 fully saturated rings. The minimum atomic E-state index is -0.934. The largest absolute Gasteiger partial charge is 0.481 e. The van der Waals surface area contributed by atoms with Crippen LogP contribution in [0.4, 0.5) is 4.39 Å². The number of nitrogens with zero attached hydrogens (tertiary/aromatic N) is 1. The van der Waals surface area contributed by atoms with Gasteiger partial charge in [-0.1, -0.05) is 18.2 Å². The van der Waals surface area contributed by atoms with Crippen molar-refractivity contribution in [2.45, 2.75) is 19.3 Å². The zero-order chi connectivity index (χ0) is 13.8. The molecule has 2 rings (SSSR count). The number of rotatable bonds is 4. The summed E-state index contributed by atoms with van der Waals surface area (Å²) >= 11 is 0. The number of halogens is 1. The number of carboxylic acids is 1. The van der Waals surface area contributed by atoms with E-state index in [0.29, 0.717) is 12.0 Å². The van der Waals surface area contributed by atoms with Gasteiger partial charge >= 0.3 is 5.97 Å². The molecule has 1 atom stereocenters. The Bertz CT molecular complexity index is 581. The van der Waals surface area contributed by atoms with E-state index < -0.39 is 11.9 Å². The first-order valence-electron chi connectivity index (χ1n) is 5.96. The predicted octanol–water partition coefficient (Wildman–Crippen LogP) is 2.94. The number of carbonyl (C=O) groups is 1. The number of aryl methyl sites for hydroxylation is 1. The molecule has 0 radical (unpaired) electrons. The molecule has 0 aliphatic heterocycles. The molecule has 0 saturated heterocycles. The number of benzene rings is 1. The van der Waals surface area contributed by atoms with Crippen molar-refractivity contribution in [3.8, 4) is 0 Å². The summed E-state index contributed by atoms with van der Waals surface area (Å²) in [5.74, 6) is -2.02. The van der Waals surface area contributed by atoms with E-state index in [1.54, 1.807) is 6.20 Å². The number of aromatic nitrogens is 1. The van der Waals surface area contributed by atoms with Crippen molar-refractivity contribution in [1.29, 1.82) is 0 Å². The fraction of sp³-hybridized carbons (Fsp3) is 0.200. The van der Waals surface area contributed by atoms with Crippen LogP contribution in [0.2, 0.25) is 0 Å². The van der Waals surface area contributed by atoms with Crippen molar-refractivity contribution in [3.63, 3.8) is 0 Å². The SMILES string of the molecule is Cc1cccnc1CC(C(=O)O)c1ccc(F)cc1. The predicted molar refractivity (Wildman–Crippen MR) is 69.5 cm³/mol. The van der Waals surface area contributed by atoms with E-state index in [2.05, 4.69) is 4.98 Å². The molecule has 0 amide bonds. The Kier molecular flexibility index (Phi) is 3.90. The lowest BCUT2D eigenvalue weighted by Crippen LogP contribution is -2.15. The monoisotopic (exact) mass is 259 g/mol. The molecule has 0 aliphatic carbocycles. The van der Waals surface area contributed by atoms with Gasteiger partial charge in [0.15, 0.2) is 0 Å². The third kappa shape index (κ3) is 3.16. The molecule has 0 saturated carbocycles. The molecule has 1 heterocycles. The molecule has 98 valence electrons. The second-order valence-corrected chi connectivity index (χ2v) is 4.41. The Morgan fingerprint density at radius 3 is 2.58 bits per heavy atom. The minimum absolute atomic E-state index is 0.299. The van der Waals surface area contributed by atoms with Gasteiger partial charge in [-0.3, -0.25) is 9.78 Å². The second kappa shape index (κ2) is 5.61. The maximum atomic E-state index is 12.9. The molecule has 3 nitrogen and oxygen atoms in total. The van der Waals surface area contributed by atoms with Gasteiger partial charge in [-0.2, -0.15) is 0 Å². The average Bonchev–Trinajstić information content (AvgIpc) is 2.39. The Labute approximate surface area is 110 Å². The van der Waals surface area contributed by atoms with E-state index in [0.717, 1.165) is 11.3 Å². The van der Waals surface area contributed by atoms with Crippen LogP contribution in [-0.4, -0.2) is 16.1 Å². The van der Waals surface area contributed by atoms with Crippen LogP contribution in [0, 0.1) is 12.7 Å². The van der Waals surface area contributed by atoms with Crippen LogP contribution >= 0.6 is 0 Å². The van der Waals surface area contributed by atoms with Crippen molar-refractivity contribution in [2.24, 2.45) is 0 Å². The Hall–Kier alpha value is -2.23. The third-order valence-corrected chi connectivity index (χ3v) is 3.09. The molecule has 19 heavy (non-hydrogen) atoms. The average molecular weight is 259 g/mol. The molecule has 4 heteroatoms. The van der Waals surface area contributed by atoms with Gasteiger partial charge in [0.25, 0.3) is 0 Å².